The predicted molar refractivity (Wildman–Crippen MR) is 117 cm³/mol. The summed E-state index contributed by atoms with van der Waals surface area (Å²) < 4.78 is 82.4. The molecule has 0 unspecified atom stereocenters. The normalized spacial score (nSPS) is 10.5. The Hall–Kier alpha value is -4.20. The molecule has 14 heteroatoms. The van der Waals surface area contributed by atoms with Crippen LogP contribution in [-0.2, 0) is 9.53 Å². The highest BCUT2D eigenvalue weighted by molar-refractivity contribution is 7.12. The van der Waals surface area contributed by atoms with Crippen molar-refractivity contribution in [3.8, 4) is 11.5 Å². The van der Waals surface area contributed by atoms with Gasteiger partial charge in [0.2, 0.25) is 5.82 Å². The second-order valence-electron chi connectivity index (χ2n) is 6.75. The Balaban J connectivity index is 1.81. The lowest BCUT2D eigenvalue weighted by molar-refractivity contribution is -0.119. The third-order valence-corrected chi connectivity index (χ3v) is 5.41. The topological polar surface area (TPSA) is 103 Å². The maximum absolute atomic E-state index is 13.8. The Morgan fingerprint density at radius 2 is 1.44 bits per heavy atom. The van der Waals surface area contributed by atoms with Gasteiger partial charge in [-0.15, -0.1) is 11.3 Å². The maximum Gasteiger partial charge on any atom is 0.340 e. The van der Waals surface area contributed by atoms with Crippen molar-refractivity contribution in [3.05, 3.63) is 69.2 Å². The highest BCUT2D eigenvalue weighted by Gasteiger charge is 2.27. The number of hydrogen-bond acceptors (Lipinski definition) is 7. The summed E-state index contributed by atoms with van der Waals surface area (Å²) in [5.74, 6) is -14.5. The second-order valence-corrected chi connectivity index (χ2v) is 7.70. The van der Waals surface area contributed by atoms with Crippen LogP contribution in [0, 0.1) is 29.1 Å². The summed E-state index contributed by atoms with van der Waals surface area (Å²) in [5.41, 5.74) is -1.99. The van der Waals surface area contributed by atoms with E-state index in [1.165, 1.54) is 31.7 Å². The number of carbonyl (C=O) groups excluding carboxylic acids is 3. The number of amides is 2. The van der Waals surface area contributed by atoms with E-state index in [2.05, 4.69) is 5.32 Å². The van der Waals surface area contributed by atoms with E-state index in [1.54, 1.807) is 11.4 Å². The fourth-order valence-electron chi connectivity index (χ4n) is 2.84. The number of esters is 1. The molecule has 0 aliphatic carbocycles. The minimum Gasteiger partial charge on any atom is -0.493 e. The Kier molecular flexibility index (Phi) is 8.09. The molecule has 0 aliphatic rings. The first kappa shape index (κ1) is 26.4. The number of rotatable bonds is 8. The number of carbonyl (C=O) groups is 3. The van der Waals surface area contributed by atoms with Gasteiger partial charge in [0.25, 0.3) is 11.8 Å². The number of methoxy groups -OCH3 is 2. The summed E-state index contributed by atoms with van der Waals surface area (Å²) in [4.78, 5) is 37.5. The molecule has 8 nitrogen and oxygen atoms in total. The van der Waals surface area contributed by atoms with E-state index in [0.29, 0.717) is 4.88 Å². The van der Waals surface area contributed by atoms with Gasteiger partial charge in [0.05, 0.1) is 30.3 Å². The number of thiophene rings is 1. The predicted octanol–water partition coefficient (Wildman–Crippen LogP) is 4.51. The average molecular weight is 530 g/mol. The van der Waals surface area contributed by atoms with E-state index < -0.39 is 59.2 Å². The van der Waals surface area contributed by atoms with Crippen molar-refractivity contribution in [2.75, 3.05) is 31.5 Å². The van der Waals surface area contributed by atoms with Gasteiger partial charge >= 0.3 is 5.97 Å². The van der Waals surface area contributed by atoms with Crippen LogP contribution in [0.4, 0.5) is 33.3 Å². The van der Waals surface area contributed by atoms with Gasteiger partial charge in [-0.05, 0) is 11.4 Å². The van der Waals surface area contributed by atoms with E-state index >= 15 is 0 Å². The number of ether oxygens (including phenoxy) is 3. The maximum atomic E-state index is 13.8. The molecule has 2 N–H and O–H groups in total. The molecule has 1 heterocycles. The molecule has 0 spiro atoms. The molecule has 0 bridgehead atoms. The van der Waals surface area contributed by atoms with Gasteiger partial charge < -0.3 is 24.8 Å². The zero-order valence-corrected chi connectivity index (χ0v) is 19.2. The zero-order chi connectivity index (χ0) is 26.6. The molecule has 0 saturated heterocycles. The zero-order valence-electron chi connectivity index (χ0n) is 18.3. The van der Waals surface area contributed by atoms with Crippen molar-refractivity contribution in [2.24, 2.45) is 0 Å². The van der Waals surface area contributed by atoms with E-state index in [9.17, 15) is 36.3 Å². The summed E-state index contributed by atoms with van der Waals surface area (Å²) in [6, 6.07) is 5.57. The Morgan fingerprint density at radius 1 is 0.861 bits per heavy atom. The van der Waals surface area contributed by atoms with E-state index in [-0.39, 0.29) is 22.7 Å². The van der Waals surface area contributed by atoms with Crippen LogP contribution in [-0.4, -0.2) is 38.6 Å². The standard InChI is InChI=1S/C22H15F5N2O6S/c1-33-11-6-9(10(7-12(11)34-2)28-21(31)13-4-3-5-36-13)22(32)35-8-14(30)29-20-18(26)16(24)15(23)17(25)19(20)27/h3-7H,8H2,1-2H3,(H,28,31)(H,29,30). The summed E-state index contributed by atoms with van der Waals surface area (Å²) >= 11 is 1.13. The van der Waals surface area contributed by atoms with Crippen LogP contribution in [0.15, 0.2) is 29.6 Å². The summed E-state index contributed by atoms with van der Waals surface area (Å²) in [5, 5.41) is 5.63. The third-order valence-electron chi connectivity index (χ3n) is 4.55. The molecule has 2 aromatic carbocycles. The van der Waals surface area contributed by atoms with Crippen molar-refractivity contribution in [1.29, 1.82) is 0 Å². The smallest absolute Gasteiger partial charge is 0.340 e. The molecule has 0 aliphatic heterocycles. The summed E-state index contributed by atoms with van der Waals surface area (Å²) in [6.45, 7) is -1.18. The molecule has 3 aromatic rings. The van der Waals surface area contributed by atoms with E-state index in [0.717, 1.165) is 17.4 Å². The molecule has 0 radical (unpaired) electrons. The van der Waals surface area contributed by atoms with Crippen molar-refractivity contribution in [3.63, 3.8) is 0 Å². The lowest BCUT2D eigenvalue weighted by Crippen LogP contribution is -2.24. The molecule has 1 aromatic heterocycles. The molecular weight excluding hydrogens is 515 g/mol. The number of anilines is 2. The van der Waals surface area contributed by atoms with Crippen LogP contribution >= 0.6 is 11.3 Å². The first-order valence-corrected chi connectivity index (χ1v) is 10.6. The summed E-state index contributed by atoms with van der Waals surface area (Å²) in [7, 11) is 2.58. The van der Waals surface area contributed by atoms with Crippen molar-refractivity contribution in [2.45, 2.75) is 0 Å². The van der Waals surface area contributed by atoms with Crippen LogP contribution in [0.1, 0.15) is 20.0 Å². The van der Waals surface area contributed by atoms with Gasteiger partial charge in [-0.2, -0.15) is 0 Å². The molecule has 190 valence electrons. The number of nitrogens with one attached hydrogen (secondary N) is 2. The average Bonchev–Trinajstić information content (AvgIpc) is 3.42. The number of halogens is 5. The van der Waals surface area contributed by atoms with Crippen LogP contribution in [0.2, 0.25) is 0 Å². The second kappa shape index (κ2) is 11.0. The lowest BCUT2D eigenvalue weighted by atomic mass is 10.1. The fourth-order valence-corrected chi connectivity index (χ4v) is 3.46. The molecular formula is C22H15F5N2O6S. The van der Waals surface area contributed by atoms with E-state index in [4.69, 9.17) is 14.2 Å². The quantitative estimate of drug-likeness (QED) is 0.192. The molecule has 2 amide bonds. The van der Waals surface area contributed by atoms with Gasteiger partial charge in [-0.1, -0.05) is 6.07 Å². The summed E-state index contributed by atoms with van der Waals surface area (Å²) in [6.07, 6.45) is 0. The molecule has 36 heavy (non-hydrogen) atoms. The highest BCUT2D eigenvalue weighted by atomic mass is 32.1. The largest absolute Gasteiger partial charge is 0.493 e. The first-order valence-electron chi connectivity index (χ1n) is 9.68. The van der Waals surface area contributed by atoms with Crippen molar-refractivity contribution in [1.82, 2.24) is 0 Å². The van der Waals surface area contributed by atoms with Gasteiger partial charge in [-0.25, -0.2) is 26.7 Å². The highest BCUT2D eigenvalue weighted by Crippen LogP contribution is 2.34. The monoisotopic (exact) mass is 530 g/mol. The molecule has 3 rings (SSSR count). The molecule has 0 fully saturated rings. The first-order chi connectivity index (χ1) is 17.1. The van der Waals surface area contributed by atoms with Gasteiger partial charge in [-0.3, -0.25) is 9.59 Å². The van der Waals surface area contributed by atoms with E-state index in [1.807, 2.05) is 0 Å². The van der Waals surface area contributed by atoms with Crippen LogP contribution in [0.5, 0.6) is 11.5 Å². The molecule has 0 atom stereocenters. The minimum atomic E-state index is -2.40. The Morgan fingerprint density at radius 3 is 2.00 bits per heavy atom. The fraction of sp³-hybridized carbons (Fsp3) is 0.136. The van der Waals surface area contributed by atoms with Crippen LogP contribution in [0.3, 0.4) is 0 Å². The van der Waals surface area contributed by atoms with Crippen molar-refractivity contribution >= 4 is 40.5 Å². The Bertz CT molecular complexity index is 1300. The Labute approximate surface area is 203 Å². The van der Waals surface area contributed by atoms with Gasteiger partial charge in [0.1, 0.15) is 5.69 Å². The van der Waals surface area contributed by atoms with Gasteiger partial charge in [0, 0.05) is 12.1 Å². The van der Waals surface area contributed by atoms with Crippen LogP contribution in [0.25, 0.3) is 0 Å². The van der Waals surface area contributed by atoms with Gasteiger partial charge in [0.15, 0.2) is 41.4 Å². The molecule has 0 saturated carbocycles. The third kappa shape index (κ3) is 5.38. The number of benzene rings is 2. The van der Waals surface area contributed by atoms with Crippen molar-refractivity contribution < 1.29 is 50.5 Å². The SMILES string of the molecule is COc1cc(NC(=O)c2cccs2)c(C(=O)OCC(=O)Nc2c(F)c(F)c(F)c(F)c2F)cc1OC. The number of hydrogen-bond donors (Lipinski definition) is 2. The lowest BCUT2D eigenvalue weighted by Gasteiger charge is -2.15. The van der Waals surface area contributed by atoms with Crippen LogP contribution < -0.4 is 20.1 Å². The minimum absolute atomic E-state index is 0.0597.